The molecule has 2 aromatic rings. The predicted molar refractivity (Wildman–Crippen MR) is 80.3 cm³/mol. The topological polar surface area (TPSA) is 92.2 Å². The van der Waals surface area contributed by atoms with Gasteiger partial charge in [-0.1, -0.05) is 23.1 Å². The maximum atomic E-state index is 13.1. The lowest BCUT2D eigenvalue weighted by Crippen LogP contribution is -2.12. The van der Waals surface area contributed by atoms with Crippen LogP contribution in [0.4, 0.5) is 9.52 Å². The van der Waals surface area contributed by atoms with Crippen LogP contribution in [0.25, 0.3) is 0 Å². The number of aliphatic carboxylic acids is 1. The fraction of sp³-hybridized carbons (Fsp3) is 0.0909. The second kappa shape index (κ2) is 6.96. The second-order valence-electron chi connectivity index (χ2n) is 3.63. The van der Waals surface area contributed by atoms with Crippen LogP contribution in [0.3, 0.4) is 0 Å². The van der Waals surface area contributed by atoms with Gasteiger partial charge in [-0.25, -0.2) is 4.39 Å². The van der Waals surface area contributed by atoms with Crippen LogP contribution in [-0.2, 0) is 4.79 Å². The number of hydrogen-bond acceptors (Lipinski definition) is 6. The number of amides is 1. The van der Waals surface area contributed by atoms with E-state index in [0.29, 0.717) is 8.81 Å². The maximum absolute atomic E-state index is 13.1. The first-order valence-electron chi connectivity index (χ1n) is 5.40. The molecule has 1 amide bonds. The molecule has 0 saturated heterocycles. The lowest BCUT2D eigenvalue weighted by atomic mass is 10.2. The normalized spacial score (nSPS) is 10.4. The van der Waals surface area contributed by atoms with Crippen LogP contribution in [0.5, 0.6) is 0 Å². The zero-order valence-electron chi connectivity index (χ0n) is 10.2. The molecular formula is C11H7BrFN3O3S2. The van der Waals surface area contributed by atoms with Gasteiger partial charge in [-0.2, -0.15) is 0 Å². The van der Waals surface area contributed by atoms with Crippen LogP contribution in [0.15, 0.2) is 27.0 Å². The molecule has 10 heteroatoms. The summed E-state index contributed by atoms with van der Waals surface area (Å²) in [5, 5.41) is 18.7. The van der Waals surface area contributed by atoms with Crippen molar-refractivity contribution < 1.29 is 19.1 Å². The van der Waals surface area contributed by atoms with E-state index in [-0.39, 0.29) is 16.4 Å². The molecule has 2 rings (SSSR count). The molecule has 0 unspecified atom stereocenters. The molecule has 6 nitrogen and oxygen atoms in total. The van der Waals surface area contributed by atoms with Crippen molar-refractivity contribution in [1.29, 1.82) is 0 Å². The summed E-state index contributed by atoms with van der Waals surface area (Å²) in [5.74, 6) is -2.17. The highest BCUT2D eigenvalue weighted by Crippen LogP contribution is 2.26. The van der Waals surface area contributed by atoms with Gasteiger partial charge < -0.3 is 5.11 Å². The quantitative estimate of drug-likeness (QED) is 0.601. The summed E-state index contributed by atoms with van der Waals surface area (Å²) in [7, 11) is 0. The molecule has 0 atom stereocenters. The first kappa shape index (κ1) is 15.9. The SMILES string of the molecule is O=C(O)CSc1nnc(NC(=O)c2cc(F)ccc2Br)s1. The largest absolute Gasteiger partial charge is 0.481 e. The third-order valence-electron chi connectivity index (χ3n) is 2.12. The molecule has 0 aliphatic carbocycles. The standard InChI is InChI=1S/C11H7BrFN3O3S2/c12-7-2-1-5(13)3-6(7)9(19)14-10-15-16-11(21-10)20-4-8(17)18/h1-3H,4H2,(H,17,18)(H,14,15,19). The van der Waals surface area contributed by atoms with Crippen molar-refractivity contribution in [1.82, 2.24) is 10.2 Å². The first-order valence-corrected chi connectivity index (χ1v) is 7.99. The molecule has 0 aliphatic rings. The third kappa shape index (κ3) is 4.48. The number of nitrogens with zero attached hydrogens (tertiary/aromatic N) is 2. The first-order chi connectivity index (χ1) is 9.95. The van der Waals surface area contributed by atoms with Gasteiger partial charge >= 0.3 is 5.97 Å². The fourth-order valence-corrected chi connectivity index (χ4v) is 3.17. The minimum absolute atomic E-state index is 0.130. The molecule has 0 bridgehead atoms. The Hall–Kier alpha value is -1.52. The number of hydrogen-bond donors (Lipinski definition) is 2. The number of nitrogens with one attached hydrogen (secondary N) is 1. The average molecular weight is 392 g/mol. The predicted octanol–water partition coefficient (Wildman–Crippen LogP) is 2.87. The van der Waals surface area contributed by atoms with Crippen molar-refractivity contribution in [3.63, 3.8) is 0 Å². The number of anilines is 1. The van der Waals surface area contributed by atoms with E-state index in [1.165, 1.54) is 12.1 Å². The van der Waals surface area contributed by atoms with Crippen molar-refractivity contribution in [3.8, 4) is 0 Å². The number of halogens is 2. The lowest BCUT2D eigenvalue weighted by Gasteiger charge is -2.03. The Kier molecular flexibility index (Phi) is 5.26. The highest BCUT2D eigenvalue weighted by molar-refractivity contribution is 9.10. The van der Waals surface area contributed by atoms with Gasteiger partial charge in [0, 0.05) is 4.47 Å². The van der Waals surface area contributed by atoms with Gasteiger partial charge in [-0.3, -0.25) is 14.9 Å². The molecule has 0 saturated carbocycles. The zero-order chi connectivity index (χ0) is 15.4. The van der Waals surface area contributed by atoms with Crippen molar-refractivity contribution in [2.75, 3.05) is 11.1 Å². The molecule has 1 aromatic heterocycles. The van der Waals surface area contributed by atoms with Crippen LogP contribution >= 0.6 is 39.0 Å². The minimum atomic E-state index is -0.968. The van der Waals surface area contributed by atoms with Crippen LogP contribution in [0, 0.1) is 5.82 Å². The second-order valence-corrected chi connectivity index (χ2v) is 6.69. The van der Waals surface area contributed by atoms with Gasteiger partial charge in [0.25, 0.3) is 5.91 Å². The Labute approximate surface area is 134 Å². The summed E-state index contributed by atoms with van der Waals surface area (Å²) in [6, 6.07) is 3.76. The van der Waals surface area contributed by atoms with E-state index < -0.39 is 17.7 Å². The Morgan fingerprint density at radius 1 is 1.43 bits per heavy atom. The summed E-state index contributed by atoms with van der Waals surface area (Å²) in [6.45, 7) is 0. The summed E-state index contributed by atoms with van der Waals surface area (Å²) in [5.41, 5.74) is 0.130. The van der Waals surface area contributed by atoms with Crippen molar-refractivity contribution in [2.45, 2.75) is 4.34 Å². The maximum Gasteiger partial charge on any atom is 0.313 e. The third-order valence-corrected chi connectivity index (χ3v) is 4.77. The molecule has 2 N–H and O–H groups in total. The molecule has 1 heterocycles. The Bertz CT molecular complexity index is 695. The van der Waals surface area contributed by atoms with Crippen molar-refractivity contribution in [2.24, 2.45) is 0 Å². The Balaban J connectivity index is 2.06. The van der Waals surface area contributed by atoms with Crippen LogP contribution in [0.1, 0.15) is 10.4 Å². The van der Waals surface area contributed by atoms with Crippen molar-refractivity contribution in [3.05, 3.63) is 34.1 Å². The summed E-state index contributed by atoms with van der Waals surface area (Å²) >= 11 is 5.21. The summed E-state index contributed by atoms with van der Waals surface area (Å²) in [4.78, 5) is 22.4. The molecular weight excluding hydrogens is 385 g/mol. The summed E-state index contributed by atoms with van der Waals surface area (Å²) < 4.78 is 14.0. The van der Waals surface area contributed by atoms with E-state index in [2.05, 4.69) is 31.4 Å². The zero-order valence-corrected chi connectivity index (χ0v) is 13.4. The smallest absolute Gasteiger partial charge is 0.313 e. The number of carboxylic acid groups (broad SMARTS) is 1. The molecule has 0 radical (unpaired) electrons. The van der Waals surface area contributed by atoms with Gasteiger partial charge in [0.2, 0.25) is 5.13 Å². The van der Waals surface area contributed by atoms with Gasteiger partial charge in [-0.15, -0.1) is 10.2 Å². The molecule has 0 spiro atoms. The van der Waals surface area contributed by atoms with Crippen LogP contribution < -0.4 is 5.32 Å². The number of carboxylic acids is 1. The Morgan fingerprint density at radius 3 is 2.90 bits per heavy atom. The number of aromatic nitrogens is 2. The number of carbonyl (C=O) groups is 2. The van der Waals surface area contributed by atoms with Gasteiger partial charge in [-0.05, 0) is 34.1 Å². The molecule has 110 valence electrons. The summed E-state index contributed by atoms with van der Waals surface area (Å²) in [6.07, 6.45) is 0. The average Bonchev–Trinajstić information content (AvgIpc) is 2.86. The number of rotatable bonds is 5. The number of benzene rings is 1. The van der Waals surface area contributed by atoms with E-state index in [4.69, 9.17) is 5.11 Å². The van der Waals surface area contributed by atoms with Crippen LogP contribution in [-0.4, -0.2) is 32.9 Å². The van der Waals surface area contributed by atoms with Crippen molar-refractivity contribution >= 4 is 56.0 Å². The lowest BCUT2D eigenvalue weighted by molar-refractivity contribution is -0.133. The monoisotopic (exact) mass is 391 g/mol. The van der Waals surface area contributed by atoms with E-state index in [9.17, 15) is 14.0 Å². The highest BCUT2D eigenvalue weighted by Gasteiger charge is 2.14. The molecule has 0 fully saturated rings. The van der Waals surface area contributed by atoms with Crippen LogP contribution in [0.2, 0.25) is 0 Å². The fourth-order valence-electron chi connectivity index (χ4n) is 1.28. The minimum Gasteiger partial charge on any atom is -0.481 e. The van der Waals surface area contributed by atoms with Gasteiger partial charge in [0.05, 0.1) is 11.3 Å². The molecule has 0 aliphatic heterocycles. The Morgan fingerprint density at radius 2 is 2.19 bits per heavy atom. The molecule has 21 heavy (non-hydrogen) atoms. The van der Waals surface area contributed by atoms with Gasteiger partial charge in [0.1, 0.15) is 5.82 Å². The van der Waals surface area contributed by atoms with E-state index >= 15 is 0 Å². The highest BCUT2D eigenvalue weighted by atomic mass is 79.9. The van der Waals surface area contributed by atoms with E-state index in [0.717, 1.165) is 29.2 Å². The molecule has 1 aromatic carbocycles. The van der Waals surface area contributed by atoms with E-state index in [1.54, 1.807) is 0 Å². The number of carbonyl (C=O) groups excluding carboxylic acids is 1. The van der Waals surface area contributed by atoms with E-state index in [1.807, 2.05) is 0 Å². The van der Waals surface area contributed by atoms with Gasteiger partial charge in [0.15, 0.2) is 4.34 Å². The number of thioether (sulfide) groups is 1.